The van der Waals surface area contributed by atoms with Crippen molar-refractivity contribution in [3.05, 3.63) is 54.7 Å². The lowest BCUT2D eigenvalue weighted by molar-refractivity contribution is -0.658. The van der Waals surface area contributed by atoms with Crippen molar-refractivity contribution in [3.8, 4) is 0 Å². The Kier molecular flexibility index (Phi) is 4.51. The fourth-order valence-corrected chi connectivity index (χ4v) is 2.42. The summed E-state index contributed by atoms with van der Waals surface area (Å²) in [7, 11) is 0. The van der Waals surface area contributed by atoms with Gasteiger partial charge < -0.3 is 17.0 Å². The molecule has 3 aromatic rings. The maximum Gasteiger partial charge on any atom is 0.456 e. The van der Waals surface area contributed by atoms with E-state index in [0.717, 1.165) is 16.2 Å². The Morgan fingerprint density at radius 1 is 0.955 bits per heavy atom. The second-order valence-corrected chi connectivity index (χ2v) is 4.78. The number of carbonyl (C=O) groups is 1. The molecule has 0 fully saturated rings. The number of hydrogen-bond acceptors (Lipinski definition) is 1. The highest BCUT2D eigenvalue weighted by atomic mass is 79.9. The van der Waals surface area contributed by atoms with Gasteiger partial charge in [-0.15, -0.1) is 0 Å². The number of ketones is 1. The first kappa shape index (κ1) is 16.4. The number of alkyl halides is 3. The fraction of sp³-hybridized carbons (Fsp3) is 0.125. The molecular formula is C16H11BrF3NO. The summed E-state index contributed by atoms with van der Waals surface area (Å²) < 4.78 is 38.8. The summed E-state index contributed by atoms with van der Waals surface area (Å²) in [4.78, 5) is 11.3. The zero-order valence-electron chi connectivity index (χ0n) is 11.3. The van der Waals surface area contributed by atoms with Gasteiger partial charge in [0.2, 0.25) is 12.1 Å². The Hall–Kier alpha value is -1.95. The van der Waals surface area contributed by atoms with Crippen LogP contribution in [0.15, 0.2) is 54.7 Å². The van der Waals surface area contributed by atoms with Gasteiger partial charge in [-0.2, -0.15) is 17.7 Å². The maximum absolute atomic E-state index is 12.5. The van der Waals surface area contributed by atoms with Crippen molar-refractivity contribution in [1.29, 1.82) is 0 Å². The number of benzene rings is 2. The summed E-state index contributed by atoms with van der Waals surface area (Å²) in [5.74, 6) is -1.76. The van der Waals surface area contributed by atoms with Gasteiger partial charge in [-0.25, -0.2) is 0 Å². The van der Waals surface area contributed by atoms with Crippen molar-refractivity contribution >= 4 is 27.5 Å². The Balaban J connectivity index is 0.00000176. The first-order valence-electron chi connectivity index (χ1n) is 6.37. The molecule has 0 bridgehead atoms. The molecule has 0 radical (unpaired) electrons. The molecule has 0 aliphatic heterocycles. The van der Waals surface area contributed by atoms with E-state index >= 15 is 0 Å². The molecule has 22 heavy (non-hydrogen) atoms. The van der Waals surface area contributed by atoms with Crippen LogP contribution in [0.3, 0.4) is 0 Å². The van der Waals surface area contributed by atoms with E-state index in [9.17, 15) is 18.0 Å². The van der Waals surface area contributed by atoms with Crippen molar-refractivity contribution < 1.29 is 39.5 Å². The number of para-hydroxylation sites is 1. The third-order valence-electron chi connectivity index (χ3n) is 3.39. The zero-order chi connectivity index (χ0) is 15.0. The van der Waals surface area contributed by atoms with Gasteiger partial charge in [0.05, 0.1) is 5.39 Å². The number of pyridine rings is 1. The average molecular weight is 370 g/mol. The van der Waals surface area contributed by atoms with Gasteiger partial charge in [-0.05, 0) is 12.1 Å². The normalized spacial score (nSPS) is 11.4. The molecule has 3 rings (SSSR count). The van der Waals surface area contributed by atoms with Crippen molar-refractivity contribution in [3.63, 3.8) is 0 Å². The van der Waals surface area contributed by atoms with E-state index in [2.05, 4.69) is 0 Å². The largest absolute Gasteiger partial charge is 1.00 e. The van der Waals surface area contributed by atoms with Crippen molar-refractivity contribution in [2.75, 3.05) is 0 Å². The first-order chi connectivity index (χ1) is 9.97. The molecule has 2 aromatic carbocycles. The van der Waals surface area contributed by atoms with Crippen LogP contribution >= 0.6 is 0 Å². The SMILES string of the molecule is O=C(C[n+]1cc2ccccc2c2ccccc21)C(F)(F)F.[Br-]. The number of nitrogens with zero attached hydrogens (tertiary/aromatic N) is 1. The van der Waals surface area contributed by atoms with E-state index in [0.29, 0.717) is 5.52 Å². The molecule has 6 heteroatoms. The van der Waals surface area contributed by atoms with Crippen molar-refractivity contribution in [2.24, 2.45) is 0 Å². The van der Waals surface area contributed by atoms with Gasteiger partial charge in [0.25, 0.3) is 0 Å². The van der Waals surface area contributed by atoms with Crippen LogP contribution in [0.1, 0.15) is 0 Å². The highest BCUT2D eigenvalue weighted by Gasteiger charge is 2.41. The summed E-state index contributed by atoms with van der Waals surface area (Å²) in [5, 5.41) is 2.57. The molecule has 0 N–H and O–H groups in total. The van der Waals surface area contributed by atoms with Gasteiger partial charge in [0.1, 0.15) is 0 Å². The quantitative estimate of drug-likeness (QED) is 0.473. The topological polar surface area (TPSA) is 20.9 Å². The number of Topliss-reactive ketones (excluding diaryl/α,β-unsaturated/α-hetero) is 1. The van der Waals surface area contributed by atoms with Crippen LogP contribution in [0.4, 0.5) is 13.2 Å². The third kappa shape index (κ3) is 2.97. The summed E-state index contributed by atoms with van der Waals surface area (Å²) in [6, 6.07) is 14.5. The summed E-state index contributed by atoms with van der Waals surface area (Å²) >= 11 is 0. The molecule has 1 heterocycles. The maximum atomic E-state index is 12.5. The Labute approximate surface area is 134 Å². The Morgan fingerprint density at radius 3 is 2.23 bits per heavy atom. The predicted molar refractivity (Wildman–Crippen MR) is 72.7 cm³/mol. The van der Waals surface area contributed by atoms with Gasteiger partial charge in [-0.3, -0.25) is 4.79 Å². The minimum Gasteiger partial charge on any atom is -1.00 e. The van der Waals surface area contributed by atoms with Gasteiger partial charge in [0.15, 0.2) is 6.20 Å². The molecule has 1 aromatic heterocycles. The lowest BCUT2D eigenvalue weighted by atomic mass is 10.1. The van der Waals surface area contributed by atoms with Crippen LogP contribution in [0, 0.1) is 0 Å². The van der Waals surface area contributed by atoms with E-state index in [1.54, 1.807) is 18.3 Å². The minimum absolute atomic E-state index is 0. The monoisotopic (exact) mass is 369 g/mol. The number of hydrogen-bond donors (Lipinski definition) is 0. The van der Waals surface area contributed by atoms with Crippen LogP contribution in [0.2, 0.25) is 0 Å². The van der Waals surface area contributed by atoms with Crippen LogP contribution in [-0.2, 0) is 11.3 Å². The van der Waals surface area contributed by atoms with E-state index in [1.165, 1.54) is 4.57 Å². The fourth-order valence-electron chi connectivity index (χ4n) is 2.42. The highest BCUT2D eigenvalue weighted by Crippen LogP contribution is 2.22. The zero-order valence-corrected chi connectivity index (χ0v) is 12.9. The van der Waals surface area contributed by atoms with Gasteiger partial charge in [0, 0.05) is 16.8 Å². The number of fused-ring (bicyclic) bond motifs is 3. The number of halogens is 4. The summed E-state index contributed by atoms with van der Waals surface area (Å²) in [6.07, 6.45) is -3.24. The molecular weight excluding hydrogens is 359 g/mol. The third-order valence-corrected chi connectivity index (χ3v) is 3.39. The van der Waals surface area contributed by atoms with E-state index < -0.39 is 18.5 Å². The predicted octanol–water partition coefficient (Wildman–Crippen LogP) is 0.416. The molecule has 0 saturated heterocycles. The summed E-state index contributed by atoms with van der Waals surface area (Å²) in [5.41, 5.74) is 0.605. The molecule has 114 valence electrons. The Morgan fingerprint density at radius 2 is 1.55 bits per heavy atom. The number of rotatable bonds is 2. The first-order valence-corrected chi connectivity index (χ1v) is 6.37. The van der Waals surface area contributed by atoms with Crippen molar-refractivity contribution in [1.82, 2.24) is 0 Å². The van der Waals surface area contributed by atoms with Crippen LogP contribution in [0.25, 0.3) is 21.7 Å². The van der Waals surface area contributed by atoms with Crippen LogP contribution in [0.5, 0.6) is 0 Å². The van der Waals surface area contributed by atoms with Crippen molar-refractivity contribution in [2.45, 2.75) is 12.7 Å². The van der Waals surface area contributed by atoms with Gasteiger partial charge in [-0.1, -0.05) is 30.3 Å². The second-order valence-electron chi connectivity index (χ2n) is 4.78. The molecule has 0 aliphatic rings. The van der Waals surface area contributed by atoms with Crippen LogP contribution in [-0.4, -0.2) is 12.0 Å². The molecule has 0 unspecified atom stereocenters. The molecule has 0 amide bonds. The van der Waals surface area contributed by atoms with Crippen LogP contribution < -0.4 is 21.5 Å². The lowest BCUT2D eigenvalue weighted by Gasteiger charge is -2.06. The smallest absolute Gasteiger partial charge is 0.456 e. The molecule has 2 nitrogen and oxygen atoms in total. The molecule has 0 atom stereocenters. The van der Waals surface area contributed by atoms with E-state index in [4.69, 9.17) is 0 Å². The second kappa shape index (κ2) is 6.04. The standard InChI is InChI=1S/C16H11F3NO.BrH/c17-16(18,19)15(21)10-20-9-11-5-1-2-6-12(11)13-7-3-4-8-14(13)20;/h1-9H,10H2;1H/q+1;/p-1. The van der Waals surface area contributed by atoms with Gasteiger partial charge >= 0.3 is 12.0 Å². The van der Waals surface area contributed by atoms with E-state index in [-0.39, 0.29) is 17.0 Å². The Bertz CT molecular complexity index is 846. The number of aromatic nitrogens is 1. The molecule has 0 saturated carbocycles. The average Bonchev–Trinajstić information content (AvgIpc) is 2.46. The number of carbonyl (C=O) groups excluding carboxylic acids is 1. The summed E-state index contributed by atoms with van der Waals surface area (Å²) in [6.45, 7) is -0.713. The minimum atomic E-state index is -4.82. The highest BCUT2D eigenvalue weighted by molar-refractivity contribution is 6.03. The van der Waals surface area contributed by atoms with E-state index in [1.807, 2.05) is 36.4 Å². The molecule has 0 aliphatic carbocycles. The molecule has 0 spiro atoms. The lowest BCUT2D eigenvalue weighted by Crippen LogP contribution is -3.00.